The van der Waals surface area contributed by atoms with Gasteiger partial charge in [-0.25, -0.2) is 4.98 Å². The van der Waals surface area contributed by atoms with E-state index in [1.165, 1.54) is 11.1 Å². The highest BCUT2D eigenvalue weighted by Gasteiger charge is 2.12. The van der Waals surface area contributed by atoms with Crippen LogP contribution in [0, 0.1) is 13.8 Å². The zero-order chi connectivity index (χ0) is 14.1. The average molecular weight is 267 g/mol. The van der Waals surface area contributed by atoms with Crippen molar-refractivity contribution in [1.82, 2.24) is 19.6 Å². The molecule has 20 heavy (non-hydrogen) atoms. The first-order chi connectivity index (χ1) is 9.66. The van der Waals surface area contributed by atoms with Crippen molar-refractivity contribution >= 4 is 11.5 Å². The van der Waals surface area contributed by atoms with Crippen LogP contribution in [0.1, 0.15) is 29.9 Å². The summed E-state index contributed by atoms with van der Waals surface area (Å²) >= 11 is 0. The molecule has 0 saturated carbocycles. The van der Waals surface area contributed by atoms with Crippen molar-refractivity contribution in [1.29, 1.82) is 0 Å². The fraction of sp³-hybridized carbons (Fsp3) is 0.267. The Morgan fingerprint density at radius 1 is 1.15 bits per heavy atom. The number of nitrogens with one attached hydrogen (secondary N) is 1. The summed E-state index contributed by atoms with van der Waals surface area (Å²) in [5.41, 5.74) is 3.27. The van der Waals surface area contributed by atoms with E-state index in [1.54, 1.807) is 6.20 Å². The molecular weight excluding hydrogens is 250 g/mol. The van der Waals surface area contributed by atoms with Gasteiger partial charge in [-0.3, -0.25) is 4.40 Å². The predicted octanol–water partition coefficient (Wildman–Crippen LogP) is 2.91. The molecule has 0 fully saturated rings. The quantitative estimate of drug-likeness (QED) is 0.792. The number of anilines is 1. The van der Waals surface area contributed by atoms with Gasteiger partial charge in [0.1, 0.15) is 5.82 Å². The van der Waals surface area contributed by atoms with Crippen LogP contribution in [0.5, 0.6) is 0 Å². The van der Waals surface area contributed by atoms with Crippen LogP contribution in [0.3, 0.4) is 0 Å². The first-order valence-electron chi connectivity index (χ1n) is 6.65. The Morgan fingerprint density at radius 2 is 1.95 bits per heavy atom. The maximum Gasteiger partial charge on any atom is 0.203 e. The molecule has 0 aliphatic carbocycles. The summed E-state index contributed by atoms with van der Waals surface area (Å²) < 4.78 is 1.93. The minimum absolute atomic E-state index is 0.159. The molecule has 1 atom stereocenters. The smallest absolute Gasteiger partial charge is 0.203 e. The topological polar surface area (TPSA) is 55.1 Å². The fourth-order valence-corrected chi connectivity index (χ4v) is 2.40. The van der Waals surface area contributed by atoms with Gasteiger partial charge in [0.25, 0.3) is 0 Å². The summed E-state index contributed by atoms with van der Waals surface area (Å²) in [6, 6.07) is 8.50. The van der Waals surface area contributed by atoms with E-state index >= 15 is 0 Å². The van der Waals surface area contributed by atoms with Gasteiger partial charge >= 0.3 is 0 Å². The lowest BCUT2D eigenvalue weighted by molar-refractivity contribution is 0.862. The van der Waals surface area contributed by atoms with Gasteiger partial charge in [-0.15, -0.1) is 10.2 Å². The van der Waals surface area contributed by atoms with Crippen LogP contribution in [0.25, 0.3) is 5.65 Å². The maximum atomic E-state index is 4.38. The molecule has 1 aromatic carbocycles. The van der Waals surface area contributed by atoms with Crippen molar-refractivity contribution in [3.8, 4) is 0 Å². The first kappa shape index (κ1) is 12.6. The van der Waals surface area contributed by atoms with Crippen LogP contribution in [0.2, 0.25) is 0 Å². The van der Waals surface area contributed by atoms with Gasteiger partial charge in [0.2, 0.25) is 5.65 Å². The lowest BCUT2D eigenvalue weighted by atomic mass is 10.0. The van der Waals surface area contributed by atoms with E-state index in [0.29, 0.717) is 0 Å². The second kappa shape index (κ2) is 4.92. The zero-order valence-corrected chi connectivity index (χ0v) is 11.8. The number of aryl methyl sites for hydroxylation is 2. The molecule has 0 amide bonds. The van der Waals surface area contributed by atoms with E-state index < -0.39 is 0 Å². The second-order valence-corrected chi connectivity index (χ2v) is 4.94. The van der Waals surface area contributed by atoms with Crippen LogP contribution >= 0.6 is 0 Å². The molecule has 5 nitrogen and oxygen atoms in total. The Bertz CT molecular complexity index is 747. The van der Waals surface area contributed by atoms with Crippen LogP contribution in [-0.4, -0.2) is 19.6 Å². The molecular formula is C15H17N5. The van der Waals surface area contributed by atoms with Gasteiger partial charge in [0.05, 0.1) is 6.04 Å². The standard InChI is InChI=1S/C15H17N5/c1-10-6-4-5-7-13(10)11(2)17-14-15-19-18-12(3)20(15)9-8-16-14/h4-9,11H,1-3H3,(H,16,17). The number of benzene rings is 1. The Morgan fingerprint density at radius 3 is 2.75 bits per heavy atom. The highest BCUT2D eigenvalue weighted by molar-refractivity contribution is 5.62. The molecule has 0 spiro atoms. The minimum atomic E-state index is 0.159. The van der Waals surface area contributed by atoms with Crippen molar-refractivity contribution in [3.05, 3.63) is 53.6 Å². The van der Waals surface area contributed by atoms with Gasteiger partial charge in [-0.05, 0) is 31.9 Å². The number of nitrogens with zero attached hydrogens (tertiary/aromatic N) is 4. The summed E-state index contributed by atoms with van der Waals surface area (Å²) in [5.74, 6) is 1.61. The van der Waals surface area contributed by atoms with E-state index in [2.05, 4.69) is 52.5 Å². The zero-order valence-electron chi connectivity index (χ0n) is 11.8. The number of hydrogen-bond donors (Lipinski definition) is 1. The SMILES string of the molecule is Cc1ccccc1C(C)Nc1nccn2c(C)nnc12. The lowest BCUT2D eigenvalue weighted by Crippen LogP contribution is -2.10. The highest BCUT2D eigenvalue weighted by Crippen LogP contribution is 2.22. The van der Waals surface area contributed by atoms with Crippen LogP contribution < -0.4 is 5.32 Å². The Hall–Kier alpha value is -2.43. The van der Waals surface area contributed by atoms with Crippen LogP contribution in [0.4, 0.5) is 5.82 Å². The summed E-state index contributed by atoms with van der Waals surface area (Å²) in [7, 11) is 0. The number of aromatic nitrogens is 4. The van der Waals surface area contributed by atoms with Crippen LogP contribution in [-0.2, 0) is 0 Å². The van der Waals surface area contributed by atoms with Gasteiger partial charge in [-0.2, -0.15) is 0 Å². The fourth-order valence-electron chi connectivity index (χ4n) is 2.40. The number of rotatable bonds is 3. The molecule has 0 radical (unpaired) electrons. The molecule has 2 heterocycles. The largest absolute Gasteiger partial charge is 0.360 e. The van der Waals surface area contributed by atoms with Crippen molar-refractivity contribution < 1.29 is 0 Å². The van der Waals surface area contributed by atoms with Crippen LogP contribution in [0.15, 0.2) is 36.7 Å². The van der Waals surface area contributed by atoms with E-state index in [0.717, 1.165) is 17.3 Å². The van der Waals surface area contributed by atoms with Gasteiger partial charge in [0, 0.05) is 12.4 Å². The molecule has 3 aromatic rings. The van der Waals surface area contributed by atoms with Gasteiger partial charge < -0.3 is 5.32 Å². The third-order valence-corrected chi connectivity index (χ3v) is 3.51. The van der Waals surface area contributed by atoms with Crippen molar-refractivity contribution in [3.63, 3.8) is 0 Å². The third kappa shape index (κ3) is 2.11. The molecule has 2 aromatic heterocycles. The monoisotopic (exact) mass is 267 g/mol. The average Bonchev–Trinajstić information content (AvgIpc) is 2.82. The lowest BCUT2D eigenvalue weighted by Gasteiger charge is -2.17. The Labute approximate surface area is 117 Å². The normalized spacial score (nSPS) is 12.6. The molecule has 0 bridgehead atoms. The van der Waals surface area contributed by atoms with E-state index in [-0.39, 0.29) is 6.04 Å². The molecule has 3 rings (SSSR count). The summed E-state index contributed by atoms with van der Waals surface area (Å²) in [4.78, 5) is 4.38. The summed E-state index contributed by atoms with van der Waals surface area (Å²) in [5, 5.41) is 11.7. The predicted molar refractivity (Wildman–Crippen MR) is 78.7 cm³/mol. The van der Waals surface area contributed by atoms with Crippen molar-refractivity contribution in [2.24, 2.45) is 0 Å². The number of fused-ring (bicyclic) bond motifs is 1. The highest BCUT2D eigenvalue weighted by atomic mass is 15.3. The minimum Gasteiger partial charge on any atom is -0.360 e. The van der Waals surface area contributed by atoms with E-state index in [4.69, 9.17) is 0 Å². The van der Waals surface area contributed by atoms with Gasteiger partial charge in [0.15, 0.2) is 5.82 Å². The van der Waals surface area contributed by atoms with Crippen molar-refractivity contribution in [2.45, 2.75) is 26.8 Å². The summed E-state index contributed by atoms with van der Waals surface area (Å²) in [6.07, 6.45) is 3.63. The molecule has 0 aliphatic rings. The van der Waals surface area contributed by atoms with E-state index in [1.807, 2.05) is 23.6 Å². The maximum absolute atomic E-state index is 4.38. The molecule has 5 heteroatoms. The Kier molecular flexibility index (Phi) is 3.10. The van der Waals surface area contributed by atoms with Crippen molar-refractivity contribution in [2.75, 3.05) is 5.32 Å². The van der Waals surface area contributed by atoms with E-state index in [9.17, 15) is 0 Å². The summed E-state index contributed by atoms with van der Waals surface area (Å²) in [6.45, 7) is 6.16. The molecule has 0 aliphatic heterocycles. The molecule has 102 valence electrons. The first-order valence-corrected chi connectivity index (χ1v) is 6.65. The molecule has 1 unspecified atom stereocenters. The second-order valence-electron chi connectivity index (χ2n) is 4.94. The van der Waals surface area contributed by atoms with Gasteiger partial charge in [-0.1, -0.05) is 24.3 Å². The number of hydrogen-bond acceptors (Lipinski definition) is 4. The Balaban J connectivity index is 1.95. The third-order valence-electron chi connectivity index (χ3n) is 3.51. The molecule has 0 saturated heterocycles. The molecule has 1 N–H and O–H groups in total.